The highest BCUT2D eigenvalue weighted by Crippen LogP contribution is 2.32. The minimum absolute atomic E-state index is 0.0547. The van der Waals surface area contributed by atoms with E-state index in [2.05, 4.69) is 5.32 Å². The zero-order valence-electron chi connectivity index (χ0n) is 10.6. The summed E-state index contributed by atoms with van der Waals surface area (Å²) in [6.07, 6.45) is 0. The number of carbonyl (C=O) groups excluding carboxylic acids is 1. The van der Waals surface area contributed by atoms with E-state index in [0.717, 1.165) is 17.1 Å². The number of rotatable bonds is 2. The van der Waals surface area contributed by atoms with Gasteiger partial charge in [0.05, 0.1) is 13.2 Å². The summed E-state index contributed by atoms with van der Waals surface area (Å²) in [5.74, 6) is 1.49. The molecule has 0 aromatic heterocycles. The Morgan fingerprint density at radius 1 is 1.21 bits per heavy atom. The summed E-state index contributed by atoms with van der Waals surface area (Å²) in [5, 5.41) is 2.89. The fourth-order valence-electron chi connectivity index (χ4n) is 2.11. The zero-order chi connectivity index (χ0) is 13.1. The van der Waals surface area contributed by atoms with E-state index in [0.29, 0.717) is 32.8 Å². The third kappa shape index (κ3) is 2.73. The van der Waals surface area contributed by atoms with Crippen LogP contribution in [0.3, 0.4) is 0 Å². The van der Waals surface area contributed by atoms with Crippen molar-refractivity contribution in [1.29, 1.82) is 0 Å². The largest absolute Gasteiger partial charge is 0.454 e. The molecule has 0 spiro atoms. The Labute approximate surface area is 111 Å². The number of fused-ring (bicyclic) bond motifs is 1. The number of benzene rings is 1. The minimum Gasteiger partial charge on any atom is -0.454 e. The van der Waals surface area contributed by atoms with E-state index in [4.69, 9.17) is 14.2 Å². The first-order valence-corrected chi connectivity index (χ1v) is 6.32. The quantitative estimate of drug-likeness (QED) is 0.864. The van der Waals surface area contributed by atoms with Crippen LogP contribution in [0.2, 0.25) is 0 Å². The maximum absolute atomic E-state index is 11.9. The van der Waals surface area contributed by atoms with Gasteiger partial charge in [0.15, 0.2) is 11.5 Å². The summed E-state index contributed by atoms with van der Waals surface area (Å²) in [6, 6.07) is 5.62. The van der Waals surface area contributed by atoms with Crippen LogP contribution in [0.15, 0.2) is 18.2 Å². The standard InChI is InChI=1S/C13H16N2O4/c16-13(15-3-5-17-6-4-15)14-8-10-1-2-11-12(7-10)19-9-18-11/h1-2,7H,3-6,8-9H2,(H,14,16). The number of carbonyl (C=O) groups is 1. The maximum atomic E-state index is 11.9. The number of ether oxygens (including phenoxy) is 3. The number of nitrogens with one attached hydrogen (secondary N) is 1. The molecule has 2 amide bonds. The van der Waals surface area contributed by atoms with Crippen molar-refractivity contribution in [2.75, 3.05) is 33.1 Å². The lowest BCUT2D eigenvalue weighted by Crippen LogP contribution is -2.45. The van der Waals surface area contributed by atoms with Gasteiger partial charge in [-0.3, -0.25) is 0 Å². The molecule has 1 aromatic carbocycles. The van der Waals surface area contributed by atoms with Crippen molar-refractivity contribution in [3.05, 3.63) is 23.8 Å². The van der Waals surface area contributed by atoms with Crippen LogP contribution < -0.4 is 14.8 Å². The van der Waals surface area contributed by atoms with Crippen LogP contribution in [0, 0.1) is 0 Å². The number of hydrogen-bond donors (Lipinski definition) is 1. The van der Waals surface area contributed by atoms with E-state index >= 15 is 0 Å². The highest BCUT2D eigenvalue weighted by Gasteiger charge is 2.17. The lowest BCUT2D eigenvalue weighted by atomic mass is 10.2. The third-order valence-corrected chi connectivity index (χ3v) is 3.18. The molecule has 1 saturated heterocycles. The molecule has 1 fully saturated rings. The molecular formula is C13H16N2O4. The predicted octanol–water partition coefficient (Wildman–Crippen LogP) is 0.957. The van der Waals surface area contributed by atoms with Crippen molar-refractivity contribution in [3.8, 4) is 11.5 Å². The Kier molecular flexibility index (Phi) is 3.41. The van der Waals surface area contributed by atoms with Crippen LogP contribution in [-0.2, 0) is 11.3 Å². The van der Waals surface area contributed by atoms with Crippen molar-refractivity contribution < 1.29 is 19.0 Å². The van der Waals surface area contributed by atoms with Crippen LogP contribution in [0.4, 0.5) is 4.79 Å². The Morgan fingerprint density at radius 2 is 2.00 bits per heavy atom. The maximum Gasteiger partial charge on any atom is 0.317 e. The molecule has 19 heavy (non-hydrogen) atoms. The molecule has 0 aliphatic carbocycles. The highest BCUT2D eigenvalue weighted by atomic mass is 16.7. The molecule has 3 rings (SSSR count). The fourth-order valence-corrected chi connectivity index (χ4v) is 2.11. The third-order valence-electron chi connectivity index (χ3n) is 3.18. The Hall–Kier alpha value is -1.95. The van der Waals surface area contributed by atoms with E-state index in [1.54, 1.807) is 4.90 Å². The monoisotopic (exact) mass is 264 g/mol. The molecule has 0 atom stereocenters. The normalized spacial score (nSPS) is 17.4. The molecule has 2 aliphatic heterocycles. The Morgan fingerprint density at radius 3 is 2.84 bits per heavy atom. The molecule has 1 aromatic rings. The number of morpholine rings is 1. The van der Waals surface area contributed by atoms with E-state index in [1.807, 2.05) is 18.2 Å². The summed E-state index contributed by atoms with van der Waals surface area (Å²) < 4.78 is 15.8. The second-order valence-corrected chi connectivity index (χ2v) is 4.45. The SMILES string of the molecule is O=C(NCc1ccc2c(c1)OCO2)N1CCOCC1. The van der Waals surface area contributed by atoms with Gasteiger partial charge in [0.2, 0.25) is 6.79 Å². The van der Waals surface area contributed by atoms with E-state index in [9.17, 15) is 4.79 Å². The van der Waals surface area contributed by atoms with Gasteiger partial charge in [-0.2, -0.15) is 0 Å². The summed E-state index contributed by atoms with van der Waals surface area (Å²) in [5.41, 5.74) is 0.992. The molecule has 2 aliphatic rings. The number of nitrogens with zero attached hydrogens (tertiary/aromatic N) is 1. The lowest BCUT2D eigenvalue weighted by molar-refractivity contribution is 0.0531. The van der Waals surface area contributed by atoms with Crippen molar-refractivity contribution in [2.45, 2.75) is 6.54 Å². The number of hydrogen-bond acceptors (Lipinski definition) is 4. The second-order valence-electron chi connectivity index (χ2n) is 4.45. The van der Waals surface area contributed by atoms with Gasteiger partial charge in [-0.1, -0.05) is 6.07 Å². The topological polar surface area (TPSA) is 60.0 Å². The average molecular weight is 264 g/mol. The Bertz CT molecular complexity index is 472. The van der Waals surface area contributed by atoms with E-state index in [1.165, 1.54) is 0 Å². The second kappa shape index (κ2) is 5.36. The molecule has 0 saturated carbocycles. The molecule has 6 nitrogen and oxygen atoms in total. The highest BCUT2D eigenvalue weighted by molar-refractivity contribution is 5.74. The van der Waals surface area contributed by atoms with Gasteiger partial charge in [0.1, 0.15) is 0 Å². The van der Waals surface area contributed by atoms with E-state index in [-0.39, 0.29) is 12.8 Å². The molecular weight excluding hydrogens is 248 g/mol. The van der Waals surface area contributed by atoms with Gasteiger partial charge in [0, 0.05) is 19.6 Å². The first-order chi connectivity index (χ1) is 9.33. The molecule has 2 heterocycles. The smallest absolute Gasteiger partial charge is 0.317 e. The van der Waals surface area contributed by atoms with Crippen molar-refractivity contribution in [3.63, 3.8) is 0 Å². The number of amides is 2. The molecule has 6 heteroatoms. The van der Waals surface area contributed by atoms with Crippen LogP contribution >= 0.6 is 0 Å². The molecule has 102 valence electrons. The minimum atomic E-state index is -0.0547. The molecule has 0 unspecified atom stereocenters. The average Bonchev–Trinajstić information content (AvgIpc) is 2.93. The van der Waals surface area contributed by atoms with E-state index < -0.39 is 0 Å². The van der Waals surface area contributed by atoms with Gasteiger partial charge in [-0.15, -0.1) is 0 Å². The first kappa shape index (κ1) is 12.1. The lowest BCUT2D eigenvalue weighted by Gasteiger charge is -2.26. The molecule has 0 radical (unpaired) electrons. The van der Waals surface area contributed by atoms with Crippen LogP contribution in [0.5, 0.6) is 11.5 Å². The number of urea groups is 1. The Balaban J connectivity index is 1.55. The van der Waals surface area contributed by atoms with Crippen LogP contribution in [0.1, 0.15) is 5.56 Å². The van der Waals surface area contributed by atoms with Crippen LogP contribution in [-0.4, -0.2) is 44.0 Å². The first-order valence-electron chi connectivity index (χ1n) is 6.32. The molecule has 1 N–H and O–H groups in total. The van der Waals surface area contributed by atoms with Gasteiger partial charge in [-0.05, 0) is 17.7 Å². The molecule has 0 bridgehead atoms. The zero-order valence-corrected chi connectivity index (χ0v) is 10.6. The van der Waals surface area contributed by atoms with Gasteiger partial charge in [-0.25, -0.2) is 4.79 Å². The fraction of sp³-hybridized carbons (Fsp3) is 0.462. The summed E-state index contributed by atoms with van der Waals surface area (Å²) in [4.78, 5) is 13.7. The van der Waals surface area contributed by atoms with Gasteiger partial charge in [0.25, 0.3) is 0 Å². The predicted molar refractivity (Wildman–Crippen MR) is 67.2 cm³/mol. The van der Waals surface area contributed by atoms with Gasteiger partial charge >= 0.3 is 6.03 Å². The van der Waals surface area contributed by atoms with Crippen molar-refractivity contribution in [1.82, 2.24) is 10.2 Å². The summed E-state index contributed by atoms with van der Waals surface area (Å²) in [7, 11) is 0. The van der Waals surface area contributed by atoms with Crippen molar-refractivity contribution >= 4 is 6.03 Å². The van der Waals surface area contributed by atoms with Crippen LogP contribution in [0.25, 0.3) is 0 Å². The summed E-state index contributed by atoms with van der Waals surface area (Å²) >= 11 is 0. The summed E-state index contributed by atoms with van der Waals surface area (Å²) in [6.45, 7) is 3.25. The van der Waals surface area contributed by atoms with Crippen molar-refractivity contribution in [2.24, 2.45) is 0 Å². The van der Waals surface area contributed by atoms with Gasteiger partial charge < -0.3 is 24.4 Å².